The predicted octanol–water partition coefficient (Wildman–Crippen LogP) is 2.56. The SMILES string of the molecule is COC(=O)[C@@H]1CN(Cc2ccccc2)C[C@H]1C(C)C. The van der Waals surface area contributed by atoms with Crippen LogP contribution in [-0.2, 0) is 16.1 Å². The van der Waals surface area contributed by atoms with E-state index in [0.29, 0.717) is 11.8 Å². The molecule has 0 saturated carbocycles. The largest absolute Gasteiger partial charge is 0.469 e. The van der Waals surface area contributed by atoms with Crippen LogP contribution in [-0.4, -0.2) is 31.1 Å². The normalized spacial score (nSPS) is 23.8. The Morgan fingerprint density at radius 2 is 2.00 bits per heavy atom. The highest BCUT2D eigenvalue weighted by Crippen LogP contribution is 2.31. The summed E-state index contributed by atoms with van der Waals surface area (Å²) >= 11 is 0. The number of esters is 1. The van der Waals surface area contributed by atoms with Gasteiger partial charge in [0.1, 0.15) is 0 Å². The molecule has 0 aliphatic carbocycles. The molecule has 0 unspecified atom stereocenters. The van der Waals surface area contributed by atoms with Crippen LogP contribution in [0.1, 0.15) is 19.4 Å². The van der Waals surface area contributed by atoms with Crippen molar-refractivity contribution in [2.24, 2.45) is 17.8 Å². The summed E-state index contributed by atoms with van der Waals surface area (Å²) in [5, 5.41) is 0. The van der Waals surface area contributed by atoms with Crippen LogP contribution in [0.4, 0.5) is 0 Å². The van der Waals surface area contributed by atoms with E-state index in [2.05, 4.69) is 43.0 Å². The van der Waals surface area contributed by atoms with Gasteiger partial charge < -0.3 is 4.74 Å². The second kappa shape index (κ2) is 6.20. The van der Waals surface area contributed by atoms with Crippen molar-refractivity contribution in [2.45, 2.75) is 20.4 Å². The molecule has 0 aromatic heterocycles. The third-order valence-electron chi connectivity index (χ3n) is 4.05. The van der Waals surface area contributed by atoms with E-state index in [9.17, 15) is 4.79 Å². The van der Waals surface area contributed by atoms with Crippen LogP contribution in [0.3, 0.4) is 0 Å². The van der Waals surface area contributed by atoms with E-state index in [1.165, 1.54) is 12.7 Å². The quantitative estimate of drug-likeness (QED) is 0.780. The molecule has 1 aliphatic heterocycles. The average molecular weight is 261 g/mol. The van der Waals surface area contributed by atoms with Crippen LogP contribution in [0.2, 0.25) is 0 Å². The zero-order valence-corrected chi connectivity index (χ0v) is 12.0. The summed E-state index contributed by atoms with van der Waals surface area (Å²) in [4.78, 5) is 14.2. The molecule has 2 atom stereocenters. The molecule has 3 nitrogen and oxygen atoms in total. The van der Waals surface area contributed by atoms with E-state index in [4.69, 9.17) is 4.74 Å². The maximum Gasteiger partial charge on any atom is 0.310 e. The molecular formula is C16H23NO2. The highest BCUT2D eigenvalue weighted by Gasteiger charge is 2.39. The number of carbonyl (C=O) groups excluding carboxylic acids is 1. The molecule has 0 radical (unpaired) electrons. The molecule has 1 heterocycles. The van der Waals surface area contributed by atoms with Gasteiger partial charge in [-0.2, -0.15) is 0 Å². The molecule has 1 aromatic carbocycles. The van der Waals surface area contributed by atoms with Crippen molar-refractivity contribution in [3.05, 3.63) is 35.9 Å². The summed E-state index contributed by atoms with van der Waals surface area (Å²) in [6.07, 6.45) is 0. The van der Waals surface area contributed by atoms with Gasteiger partial charge in [0.25, 0.3) is 0 Å². The minimum Gasteiger partial charge on any atom is -0.469 e. The Labute approximate surface area is 115 Å². The van der Waals surface area contributed by atoms with Crippen molar-refractivity contribution in [3.8, 4) is 0 Å². The monoisotopic (exact) mass is 261 g/mol. The summed E-state index contributed by atoms with van der Waals surface area (Å²) in [6, 6.07) is 10.4. The van der Waals surface area contributed by atoms with E-state index >= 15 is 0 Å². The van der Waals surface area contributed by atoms with Gasteiger partial charge in [-0.15, -0.1) is 0 Å². The molecule has 0 N–H and O–H groups in total. The lowest BCUT2D eigenvalue weighted by Gasteiger charge is -2.19. The van der Waals surface area contributed by atoms with Crippen molar-refractivity contribution in [1.82, 2.24) is 4.90 Å². The topological polar surface area (TPSA) is 29.5 Å². The van der Waals surface area contributed by atoms with E-state index in [-0.39, 0.29) is 11.9 Å². The van der Waals surface area contributed by atoms with Gasteiger partial charge in [-0.3, -0.25) is 9.69 Å². The number of hydrogen-bond acceptors (Lipinski definition) is 3. The molecule has 1 fully saturated rings. The summed E-state index contributed by atoms with van der Waals surface area (Å²) in [5.41, 5.74) is 1.30. The third kappa shape index (κ3) is 3.35. The molecule has 0 bridgehead atoms. The molecule has 2 rings (SSSR count). The molecule has 0 spiro atoms. The van der Waals surface area contributed by atoms with Gasteiger partial charge in [-0.05, 0) is 17.4 Å². The number of nitrogens with zero attached hydrogens (tertiary/aromatic N) is 1. The highest BCUT2D eigenvalue weighted by atomic mass is 16.5. The highest BCUT2D eigenvalue weighted by molar-refractivity contribution is 5.73. The minimum absolute atomic E-state index is 0.0220. The van der Waals surface area contributed by atoms with E-state index in [1.807, 2.05) is 6.07 Å². The lowest BCUT2D eigenvalue weighted by Crippen LogP contribution is -2.27. The van der Waals surface area contributed by atoms with Crippen molar-refractivity contribution in [1.29, 1.82) is 0 Å². The lowest BCUT2D eigenvalue weighted by molar-refractivity contribution is -0.146. The molecule has 1 saturated heterocycles. The first kappa shape index (κ1) is 14.1. The Kier molecular flexibility index (Phi) is 4.59. The number of carbonyl (C=O) groups is 1. The maximum absolute atomic E-state index is 11.9. The summed E-state index contributed by atoms with van der Waals surface area (Å²) in [5.74, 6) is 0.865. The van der Waals surface area contributed by atoms with Crippen molar-refractivity contribution < 1.29 is 9.53 Å². The standard InChI is InChI=1S/C16H23NO2/c1-12(2)14-10-17(11-15(14)16(18)19-3)9-13-7-5-4-6-8-13/h4-8,12,14-15H,9-11H2,1-3H3/t14-,15+/m0/s1. The third-order valence-corrected chi connectivity index (χ3v) is 4.05. The van der Waals surface area contributed by atoms with Crippen molar-refractivity contribution >= 4 is 5.97 Å². The van der Waals surface area contributed by atoms with Crippen LogP contribution in [0.5, 0.6) is 0 Å². The van der Waals surface area contributed by atoms with Gasteiger partial charge in [0.05, 0.1) is 13.0 Å². The van der Waals surface area contributed by atoms with Gasteiger partial charge >= 0.3 is 5.97 Å². The molecule has 104 valence electrons. The first-order chi connectivity index (χ1) is 9.11. The van der Waals surface area contributed by atoms with Crippen molar-refractivity contribution in [3.63, 3.8) is 0 Å². The number of rotatable bonds is 4. The van der Waals surface area contributed by atoms with E-state index in [1.54, 1.807) is 0 Å². The number of ether oxygens (including phenoxy) is 1. The first-order valence-electron chi connectivity index (χ1n) is 6.96. The second-order valence-corrected chi connectivity index (χ2v) is 5.72. The number of likely N-dealkylation sites (tertiary alicyclic amines) is 1. The van der Waals surface area contributed by atoms with E-state index in [0.717, 1.165) is 19.6 Å². The van der Waals surface area contributed by atoms with Crippen LogP contribution < -0.4 is 0 Å². The first-order valence-corrected chi connectivity index (χ1v) is 6.96. The van der Waals surface area contributed by atoms with Crippen LogP contribution in [0.25, 0.3) is 0 Å². The zero-order valence-electron chi connectivity index (χ0n) is 12.0. The Morgan fingerprint density at radius 3 is 2.58 bits per heavy atom. The number of benzene rings is 1. The summed E-state index contributed by atoms with van der Waals surface area (Å²) in [7, 11) is 1.49. The molecular weight excluding hydrogens is 238 g/mol. The van der Waals surface area contributed by atoms with Gasteiger partial charge in [0.15, 0.2) is 0 Å². The lowest BCUT2D eigenvalue weighted by atomic mass is 9.86. The van der Waals surface area contributed by atoms with Crippen LogP contribution in [0, 0.1) is 17.8 Å². The van der Waals surface area contributed by atoms with Crippen LogP contribution in [0.15, 0.2) is 30.3 Å². The fourth-order valence-electron chi connectivity index (χ4n) is 2.96. The van der Waals surface area contributed by atoms with Gasteiger partial charge in [0, 0.05) is 19.6 Å². The summed E-state index contributed by atoms with van der Waals surface area (Å²) in [6.45, 7) is 7.08. The molecule has 19 heavy (non-hydrogen) atoms. The van der Waals surface area contributed by atoms with E-state index < -0.39 is 0 Å². The smallest absolute Gasteiger partial charge is 0.310 e. The van der Waals surface area contributed by atoms with Gasteiger partial charge in [0.2, 0.25) is 0 Å². The molecule has 1 aromatic rings. The van der Waals surface area contributed by atoms with Gasteiger partial charge in [-0.25, -0.2) is 0 Å². The fourth-order valence-corrected chi connectivity index (χ4v) is 2.96. The predicted molar refractivity (Wildman–Crippen MR) is 75.6 cm³/mol. The maximum atomic E-state index is 11.9. The Balaban J connectivity index is 2.03. The summed E-state index contributed by atoms with van der Waals surface area (Å²) < 4.78 is 4.95. The number of hydrogen-bond donors (Lipinski definition) is 0. The van der Waals surface area contributed by atoms with Crippen LogP contribution >= 0.6 is 0 Å². The molecule has 3 heteroatoms. The Bertz CT molecular complexity index is 416. The fraction of sp³-hybridized carbons (Fsp3) is 0.562. The van der Waals surface area contributed by atoms with Crippen molar-refractivity contribution in [2.75, 3.05) is 20.2 Å². The van der Waals surface area contributed by atoms with Gasteiger partial charge in [-0.1, -0.05) is 44.2 Å². The molecule has 1 aliphatic rings. The number of methoxy groups -OCH3 is 1. The Morgan fingerprint density at radius 1 is 1.32 bits per heavy atom. The zero-order chi connectivity index (χ0) is 13.8. The minimum atomic E-state index is -0.0609. The Hall–Kier alpha value is -1.35. The average Bonchev–Trinajstić information content (AvgIpc) is 2.83. The molecule has 0 amide bonds. The second-order valence-electron chi connectivity index (χ2n) is 5.72.